The van der Waals surface area contributed by atoms with E-state index in [9.17, 15) is 24.6 Å². The topological polar surface area (TPSA) is 120 Å². The number of hydrazine groups is 1. The summed E-state index contributed by atoms with van der Waals surface area (Å²) in [4.78, 5) is 35.7. The summed E-state index contributed by atoms with van der Waals surface area (Å²) in [7, 11) is 0. The maximum Gasteiger partial charge on any atom is 0.337 e. The molecule has 3 aromatic rings. The van der Waals surface area contributed by atoms with Crippen molar-refractivity contribution in [2.24, 2.45) is 0 Å². The summed E-state index contributed by atoms with van der Waals surface area (Å²) in [5, 5.41) is 20.5. The van der Waals surface area contributed by atoms with Crippen LogP contribution >= 0.6 is 24.0 Å². The van der Waals surface area contributed by atoms with Gasteiger partial charge in [0, 0.05) is 0 Å². The van der Waals surface area contributed by atoms with Gasteiger partial charge in [0.15, 0.2) is 16.4 Å². The normalized spacial score (nSPS) is 15.9. The van der Waals surface area contributed by atoms with Crippen LogP contribution < -0.4 is 5.43 Å². The molecule has 8 nitrogen and oxygen atoms in total. The Morgan fingerprint density at radius 2 is 1.97 bits per heavy atom. The fraction of sp³-hybridized carbons (Fsp3) is 0.200. The highest BCUT2D eigenvalue weighted by molar-refractivity contribution is 8.24. The van der Waals surface area contributed by atoms with Crippen molar-refractivity contribution in [3.8, 4) is 17.1 Å². The quantitative estimate of drug-likeness (QED) is 0.281. The Morgan fingerprint density at radius 3 is 2.66 bits per heavy atom. The zero-order chi connectivity index (χ0) is 25.3. The average molecular weight is 511 g/mol. The van der Waals surface area contributed by atoms with Crippen LogP contribution in [0.2, 0.25) is 0 Å². The van der Waals surface area contributed by atoms with Crippen LogP contribution in [0.1, 0.15) is 46.7 Å². The van der Waals surface area contributed by atoms with Gasteiger partial charge in [0.25, 0.3) is 5.91 Å². The summed E-state index contributed by atoms with van der Waals surface area (Å²) in [6, 6.07) is 14.6. The lowest BCUT2D eigenvalue weighted by molar-refractivity contribution is -0.125. The average Bonchev–Trinajstić information content (AvgIpc) is 3.39. The zero-order valence-electron chi connectivity index (χ0n) is 18.8. The largest absolute Gasteiger partial charge is 0.507 e. The molecule has 1 fully saturated rings. The third kappa shape index (κ3) is 4.94. The molecule has 1 saturated heterocycles. The van der Waals surface area contributed by atoms with Crippen molar-refractivity contribution in [1.82, 2.24) is 5.01 Å². The van der Waals surface area contributed by atoms with E-state index in [2.05, 4.69) is 5.43 Å². The smallest absolute Gasteiger partial charge is 0.337 e. The Morgan fingerprint density at radius 1 is 1.23 bits per heavy atom. The standard InChI is InChI=1S/C25H22N2O6S2/c1-25(2,14-7-9-19(29)17(11-14)20-10-8-15(13-28)33-20)12-21-22(30)27(24(34)35-21)26-18-6-4-3-5-16(18)23(31)32/h3-11,13,21,26,29H,12H2,1-2H3,(H,31,32). The second-order valence-corrected chi connectivity index (χ2v) is 10.5. The van der Waals surface area contributed by atoms with Gasteiger partial charge in [0.1, 0.15) is 11.5 Å². The van der Waals surface area contributed by atoms with Gasteiger partial charge in [-0.1, -0.05) is 56.0 Å². The molecule has 2 aromatic carbocycles. The van der Waals surface area contributed by atoms with Crippen molar-refractivity contribution in [2.45, 2.75) is 30.9 Å². The zero-order valence-corrected chi connectivity index (χ0v) is 20.5. The van der Waals surface area contributed by atoms with Crippen LogP contribution in [0.25, 0.3) is 11.3 Å². The Hall–Kier alpha value is -3.63. The number of anilines is 1. The number of hydrogen-bond acceptors (Lipinski definition) is 8. The number of para-hydroxylation sites is 1. The number of carbonyl (C=O) groups excluding carboxylic acids is 2. The van der Waals surface area contributed by atoms with Gasteiger partial charge in [-0.3, -0.25) is 15.0 Å². The van der Waals surface area contributed by atoms with E-state index >= 15 is 0 Å². The second kappa shape index (κ2) is 9.55. The highest BCUT2D eigenvalue weighted by Gasteiger charge is 2.41. The summed E-state index contributed by atoms with van der Waals surface area (Å²) in [5.41, 5.74) is 3.96. The first kappa shape index (κ1) is 24.5. The molecule has 1 aromatic heterocycles. The van der Waals surface area contributed by atoms with E-state index in [0.29, 0.717) is 28.4 Å². The molecular weight excluding hydrogens is 488 g/mol. The van der Waals surface area contributed by atoms with Gasteiger partial charge in [0.2, 0.25) is 0 Å². The van der Waals surface area contributed by atoms with Crippen molar-refractivity contribution in [3.63, 3.8) is 0 Å². The molecule has 3 N–H and O–H groups in total. The van der Waals surface area contributed by atoms with Gasteiger partial charge in [-0.15, -0.1) is 0 Å². The lowest BCUT2D eigenvalue weighted by Gasteiger charge is -2.28. The molecule has 1 atom stereocenters. The van der Waals surface area contributed by atoms with E-state index in [4.69, 9.17) is 16.6 Å². The van der Waals surface area contributed by atoms with Crippen LogP contribution in [0.3, 0.4) is 0 Å². The molecule has 0 aliphatic carbocycles. The van der Waals surface area contributed by atoms with Gasteiger partial charge in [-0.2, -0.15) is 0 Å². The van der Waals surface area contributed by atoms with Crippen LogP contribution in [-0.2, 0) is 10.2 Å². The second-order valence-electron chi connectivity index (χ2n) is 8.65. The summed E-state index contributed by atoms with van der Waals surface area (Å²) in [5.74, 6) is -0.856. The lowest BCUT2D eigenvalue weighted by Crippen LogP contribution is -2.38. The third-order valence-electron chi connectivity index (χ3n) is 5.79. The molecule has 1 amide bonds. The maximum absolute atomic E-state index is 13.2. The van der Waals surface area contributed by atoms with E-state index in [0.717, 1.165) is 5.56 Å². The number of rotatable bonds is 8. The van der Waals surface area contributed by atoms with Crippen molar-refractivity contribution in [3.05, 3.63) is 71.5 Å². The third-order valence-corrected chi connectivity index (χ3v) is 7.30. The number of furan rings is 1. The first-order chi connectivity index (χ1) is 16.6. The van der Waals surface area contributed by atoms with Gasteiger partial charge < -0.3 is 14.6 Å². The monoisotopic (exact) mass is 510 g/mol. The molecule has 10 heteroatoms. The fourth-order valence-corrected chi connectivity index (χ4v) is 5.55. The van der Waals surface area contributed by atoms with Crippen LogP contribution in [-0.4, -0.2) is 43.0 Å². The number of aromatic hydroxyl groups is 1. The molecule has 35 heavy (non-hydrogen) atoms. The van der Waals surface area contributed by atoms with Crippen molar-refractivity contribution >= 4 is 52.2 Å². The van der Waals surface area contributed by atoms with Crippen molar-refractivity contribution < 1.29 is 29.0 Å². The van der Waals surface area contributed by atoms with Crippen LogP contribution in [0.15, 0.2) is 59.0 Å². The number of carboxylic acid groups (broad SMARTS) is 1. The predicted molar refractivity (Wildman–Crippen MR) is 137 cm³/mol. The minimum absolute atomic E-state index is 0.0105. The number of nitrogens with zero attached hydrogens (tertiary/aromatic N) is 1. The number of phenols is 1. The number of hydrogen-bond donors (Lipinski definition) is 3. The molecule has 0 bridgehead atoms. The molecule has 4 rings (SSSR count). The van der Waals surface area contributed by atoms with Crippen molar-refractivity contribution in [2.75, 3.05) is 5.43 Å². The molecule has 2 heterocycles. The van der Waals surface area contributed by atoms with Gasteiger partial charge in [0.05, 0.1) is 22.1 Å². The number of phenolic OH excluding ortho intramolecular Hbond substituents is 1. The molecule has 0 spiro atoms. The van der Waals surface area contributed by atoms with E-state index in [1.807, 2.05) is 13.8 Å². The van der Waals surface area contributed by atoms with Crippen LogP contribution in [0, 0.1) is 0 Å². The van der Waals surface area contributed by atoms with E-state index in [-0.39, 0.29) is 28.7 Å². The summed E-state index contributed by atoms with van der Waals surface area (Å²) in [6.45, 7) is 3.96. The fourth-order valence-electron chi connectivity index (χ4n) is 3.87. The minimum atomic E-state index is -1.11. The van der Waals surface area contributed by atoms with E-state index < -0.39 is 16.6 Å². The number of carboxylic acids is 1. The number of amides is 1. The highest BCUT2D eigenvalue weighted by atomic mass is 32.2. The number of aromatic carboxylic acids is 1. The lowest BCUT2D eigenvalue weighted by atomic mass is 9.79. The minimum Gasteiger partial charge on any atom is -0.507 e. The molecule has 0 saturated carbocycles. The molecule has 180 valence electrons. The number of nitrogens with one attached hydrogen (secondary N) is 1. The molecule has 1 unspecified atom stereocenters. The van der Waals surface area contributed by atoms with Crippen LogP contribution in [0.4, 0.5) is 5.69 Å². The van der Waals surface area contributed by atoms with Gasteiger partial charge in [-0.05, 0) is 53.8 Å². The number of thioether (sulfide) groups is 1. The summed E-state index contributed by atoms with van der Waals surface area (Å²) < 4.78 is 5.77. The number of benzene rings is 2. The summed E-state index contributed by atoms with van der Waals surface area (Å²) >= 11 is 6.65. The van der Waals surface area contributed by atoms with Crippen molar-refractivity contribution in [1.29, 1.82) is 0 Å². The molecule has 1 aliphatic heterocycles. The number of carbonyl (C=O) groups is 3. The Balaban J connectivity index is 1.55. The molecule has 1 aliphatic rings. The SMILES string of the molecule is CC(C)(CC1SC(=S)N(Nc2ccccc2C(=O)O)C1=O)c1ccc(O)c(-c2ccc(C=O)o2)c1. The maximum atomic E-state index is 13.2. The van der Waals surface area contributed by atoms with Gasteiger partial charge in [-0.25, -0.2) is 9.80 Å². The predicted octanol–water partition coefficient (Wildman–Crippen LogP) is 5.09. The Bertz CT molecular complexity index is 1330. The molecular formula is C25H22N2O6S2. The highest BCUT2D eigenvalue weighted by Crippen LogP contribution is 2.41. The van der Waals surface area contributed by atoms with Gasteiger partial charge >= 0.3 is 5.97 Å². The first-order valence-corrected chi connectivity index (χ1v) is 11.9. The van der Waals surface area contributed by atoms with E-state index in [1.165, 1.54) is 28.9 Å². The van der Waals surface area contributed by atoms with E-state index in [1.54, 1.807) is 42.5 Å². The summed E-state index contributed by atoms with van der Waals surface area (Å²) in [6.07, 6.45) is 1.02. The molecule has 0 radical (unpaired) electrons. The Labute approximate surface area is 210 Å². The van der Waals surface area contributed by atoms with Crippen LogP contribution in [0.5, 0.6) is 5.75 Å². The number of aldehydes is 1. The first-order valence-electron chi connectivity index (χ1n) is 10.6. The Kier molecular flexibility index (Phi) is 6.68. The number of thiocarbonyl (C=S) groups is 1.